The summed E-state index contributed by atoms with van der Waals surface area (Å²) < 4.78 is 23.0. The number of amides is 1. The van der Waals surface area contributed by atoms with Crippen molar-refractivity contribution < 1.29 is 23.1 Å². The summed E-state index contributed by atoms with van der Waals surface area (Å²) in [5, 5.41) is 9.49. The third-order valence-corrected chi connectivity index (χ3v) is 6.65. The number of fused-ring (bicyclic) bond motifs is 1. The Bertz CT molecular complexity index is 595. The van der Waals surface area contributed by atoms with Gasteiger partial charge in [0.15, 0.2) is 0 Å². The number of hydrogen-bond acceptors (Lipinski definition) is 4. The fourth-order valence-corrected chi connectivity index (χ4v) is 5.91. The molecule has 124 valence electrons. The number of carbonyl (C=O) groups excluding carboxylic acids is 1. The number of sulfone groups is 1. The molecule has 1 N–H and O–H groups in total. The lowest BCUT2D eigenvalue weighted by atomic mass is 9.94. The molecule has 0 aromatic carbocycles. The molecule has 7 heteroatoms. The Hall–Kier alpha value is -1.11. The lowest BCUT2D eigenvalue weighted by Crippen LogP contribution is -2.44. The number of aliphatic carboxylic acids is 1. The third kappa shape index (κ3) is 3.00. The standard InChI is InChI=1S/C15H23NO5S/c1-22(20,21)9-15(5-6-15)7-12(17)16-8-10-3-2-4-11(10)13(16)14(18)19/h10-11,13H,2-9H2,1H3,(H,18,19). The fraction of sp³-hybridized carbons (Fsp3) is 0.867. The molecular weight excluding hydrogens is 306 g/mol. The Morgan fingerprint density at radius 2 is 1.95 bits per heavy atom. The molecule has 2 saturated carbocycles. The van der Waals surface area contributed by atoms with Crippen LogP contribution in [-0.2, 0) is 19.4 Å². The van der Waals surface area contributed by atoms with Crippen molar-refractivity contribution in [3.63, 3.8) is 0 Å². The van der Waals surface area contributed by atoms with E-state index in [1.165, 1.54) is 11.2 Å². The number of carbonyl (C=O) groups is 2. The van der Waals surface area contributed by atoms with Crippen LogP contribution in [0.3, 0.4) is 0 Å². The van der Waals surface area contributed by atoms with Crippen LogP contribution in [0.1, 0.15) is 38.5 Å². The number of rotatable bonds is 5. The van der Waals surface area contributed by atoms with Gasteiger partial charge in [0.25, 0.3) is 0 Å². The number of nitrogens with zero attached hydrogens (tertiary/aromatic N) is 1. The highest BCUT2D eigenvalue weighted by Crippen LogP contribution is 2.51. The summed E-state index contributed by atoms with van der Waals surface area (Å²) >= 11 is 0. The molecule has 1 amide bonds. The maximum absolute atomic E-state index is 12.6. The molecule has 2 aliphatic carbocycles. The van der Waals surface area contributed by atoms with Crippen LogP contribution in [0, 0.1) is 17.3 Å². The Balaban J connectivity index is 1.71. The van der Waals surface area contributed by atoms with Crippen LogP contribution in [0.2, 0.25) is 0 Å². The second kappa shape index (κ2) is 5.22. The zero-order valence-corrected chi connectivity index (χ0v) is 13.6. The number of carboxylic acid groups (broad SMARTS) is 1. The van der Waals surface area contributed by atoms with Crippen molar-refractivity contribution in [2.24, 2.45) is 17.3 Å². The summed E-state index contributed by atoms with van der Waals surface area (Å²) in [5.74, 6) is -0.690. The van der Waals surface area contributed by atoms with E-state index in [1.807, 2.05) is 0 Å². The monoisotopic (exact) mass is 329 g/mol. The Morgan fingerprint density at radius 1 is 1.27 bits per heavy atom. The summed E-state index contributed by atoms with van der Waals surface area (Å²) in [7, 11) is -3.12. The van der Waals surface area contributed by atoms with E-state index in [-0.39, 0.29) is 24.0 Å². The summed E-state index contributed by atoms with van der Waals surface area (Å²) in [6, 6.07) is -0.714. The molecule has 3 unspecified atom stereocenters. The van der Waals surface area contributed by atoms with E-state index >= 15 is 0 Å². The lowest BCUT2D eigenvalue weighted by molar-refractivity contribution is -0.150. The zero-order chi connectivity index (χ0) is 16.1. The van der Waals surface area contributed by atoms with E-state index in [1.54, 1.807) is 0 Å². The van der Waals surface area contributed by atoms with Gasteiger partial charge < -0.3 is 10.0 Å². The maximum Gasteiger partial charge on any atom is 0.326 e. The minimum atomic E-state index is -3.12. The molecule has 1 aliphatic heterocycles. The molecule has 3 fully saturated rings. The van der Waals surface area contributed by atoms with E-state index in [4.69, 9.17) is 0 Å². The minimum absolute atomic E-state index is 0.0319. The van der Waals surface area contributed by atoms with Crippen LogP contribution in [-0.4, -0.2) is 54.9 Å². The fourth-order valence-electron chi connectivity index (χ4n) is 4.41. The van der Waals surface area contributed by atoms with Crippen LogP contribution < -0.4 is 0 Å². The molecular formula is C15H23NO5S. The van der Waals surface area contributed by atoms with Crippen molar-refractivity contribution in [1.29, 1.82) is 0 Å². The normalized spacial score (nSPS) is 32.8. The Labute approximate surface area is 130 Å². The van der Waals surface area contributed by atoms with Gasteiger partial charge in [-0.25, -0.2) is 13.2 Å². The molecule has 0 spiro atoms. The van der Waals surface area contributed by atoms with Crippen LogP contribution in [0.15, 0.2) is 0 Å². The van der Waals surface area contributed by atoms with E-state index in [2.05, 4.69) is 0 Å². The Morgan fingerprint density at radius 3 is 2.50 bits per heavy atom. The number of carboxylic acids is 1. The molecule has 0 aromatic heterocycles. The second-order valence-corrected chi connectivity index (χ2v) is 9.57. The maximum atomic E-state index is 12.6. The van der Waals surface area contributed by atoms with Gasteiger partial charge in [-0.15, -0.1) is 0 Å². The molecule has 0 bridgehead atoms. The molecule has 0 aromatic rings. The van der Waals surface area contributed by atoms with E-state index in [0.717, 1.165) is 32.1 Å². The predicted octanol–water partition coefficient (Wildman–Crippen LogP) is 0.913. The van der Waals surface area contributed by atoms with Crippen molar-refractivity contribution >= 4 is 21.7 Å². The van der Waals surface area contributed by atoms with E-state index < -0.39 is 27.3 Å². The van der Waals surface area contributed by atoms with Gasteiger partial charge in [-0.05, 0) is 42.9 Å². The first kappa shape index (κ1) is 15.8. The van der Waals surface area contributed by atoms with E-state index in [9.17, 15) is 23.1 Å². The molecule has 3 aliphatic rings. The van der Waals surface area contributed by atoms with Crippen LogP contribution in [0.5, 0.6) is 0 Å². The van der Waals surface area contributed by atoms with Gasteiger partial charge in [0.1, 0.15) is 15.9 Å². The summed E-state index contributed by atoms with van der Waals surface area (Å²) in [4.78, 5) is 25.7. The lowest BCUT2D eigenvalue weighted by Gasteiger charge is -2.26. The Kier molecular flexibility index (Phi) is 3.74. The largest absolute Gasteiger partial charge is 0.480 e. The quantitative estimate of drug-likeness (QED) is 0.809. The first-order valence-corrected chi connectivity index (χ1v) is 9.97. The number of likely N-dealkylation sites (tertiary alicyclic amines) is 1. The third-order valence-electron chi connectivity index (χ3n) is 5.52. The molecule has 0 radical (unpaired) electrons. The summed E-state index contributed by atoms with van der Waals surface area (Å²) in [6.45, 7) is 0.523. The van der Waals surface area contributed by atoms with Gasteiger partial charge in [-0.2, -0.15) is 0 Å². The molecule has 3 rings (SSSR count). The van der Waals surface area contributed by atoms with Crippen LogP contribution >= 0.6 is 0 Å². The molecule has 3 atom stereocenters. The van der Waals surface area contributed by atoms with Gasteiger partial charge in [-0.1, -0.05) is 6.42 Å². The average molecular weight is 329 g/mol. The summed E-state index contributed by atoms with van der Waals surface area (Å²) in [5.41, 5.74) is -0.439. The van der Waals surface area contributed by atoms with Crippen LogP contribution in [0.4, 0.5) is 0 Å². The van der Waals surface area contributed by atoms with Crippen molar-refractivity contribution in [3.8, 4) is 0 Å². The molecule has 1 heterocycles. The molecule has 1 saturated heterocycles. The van der Waals surface area contributed by atoms with Crippen molar-refractivity contribution in [1.82, 2.24) is 4.90 Å². The minimum Gasteiger partial charge on any atom is -0.480 e. The SMILES string of the molecule is CS(=O)(=O)CC1(CC(=O)N2CC3CCCC3C2C(=O)O)CC1. The predicted molar refractivity (Wildman–Crippen MR) is 80.0 cm³/mol. The number of hydrogen-bond donors (Lipinski definition) is 1. The zero-order valence-electron chi connectivity index (χ0n) is 12.8. The van der Waals surface area contributed by atoms with Crippen LogP contribution in [0.25, 0.3) is 0 Å². The highest BCUT2D eigenvalue weighted by molar-refractivity contribution is 7.90. The second-order valence-electron chi connectivity index (χ2n) is 7.43. The van der Waals surface area contributed by atoms with Crippen molar-refractivity contribution in [2.75, 3.05) is 18.6 Å². The topological polar surface area (TPSA) is 91.8 Å². The first-order valence-electron chi connectivity index (χ1n) is 7.91. The van der Waals surface area contributed by atoms with Gasteiger partial charge in [-0.3, -0.25) is 4.79 Å². The highest BCUT2D eigenvalue weighted by atomic mass is 32.2. The van der Waals surface area contributed by atoms with Gasteiger partial charge in [0.05, 0.1) is 5.75 Å². The van der Waals surface area contributed by atoms with Gasteiger partial charge in [0.2, 0.25) is 5.91 Å². The van der Waals surface area contributed by atoms with E-state index in [0.29, 0.717) is 12.5 Å². The van der Waals surface area contributed by atoms with Gasteiger partial charge in [0, 0.05) is 19.2 Å². The van der Waals surface area contributed by atoms with Crippen molar-refractivity contribution in [3.05, 3.63) is 0 Å². The first-order chi connectivity index (χ1) is 10.2. The summed E-state index contributed by atoms with van der Waals surface area (Å²) in [6.07, 6.45) is 5.75. The molecule has 6 nitrogen and oxygen atoms in total. The van der Waals surface area contributed by atoms with Gasteiger partial charge >= 0.3 is 5.97 Å². The average Bonchev–Trinajstić information content (AvgIpc) is 2.83. The van der Waals surface area contributed by atoms with Crippen molar-refractivity contribution in [2.45, 2.75) is 44.6 Å². The smallest absolute Gasteiger partial charge is 0.326 e. The molecule has 22 heavy (non-hydrogen) atoms. The highest BCUT2D eigenvalue weighted by Gasteiger charge is 2.52.